The third-order valence-corrected chi connectivity index (χ3v) is 2.71. The van der Waals surface area contributed by atoms with Gasteiger partial charge in [0.1, 0.15) is 0 Å². The molecule has 1 aromatic heterocycles. The van der Waals surface area contributed by atoms with Crippen LogP contribution in [-0.2, 0) is 13.1 Å². The molecule has 1 heterocycles. The molecule has 1 N–H and O–H groups in total. The average molecular weight is 295 g/mol. The summed E-state index contributed by atoms with van der Waals surface area (Å²) in [6.07, 6.45) is 1.60. The van der Waals surface area contributed by atoms with Crippen LogP contribution in [0.25, 0.3) is 0 Å². The number of rotatable bonds is 7. The van der Waals surface area contributed by atoms with Gasteiger partial charge in [-0.15, -0.1) is 0 Å². The fourth-order valence-corrected chi connectivity index (χ4v) is 1.78. The predicted octanol–water partition coefficient (Wildman–Crippen LogP) is 2.38. The van der Waals surface area contributed by atoms with Crippen LogP contribution in [0.15, 0.2) is 36.5 Å². The molecule has 21 heavy (non-hydrogen) atoms. The van der Waals surface area contributed by atoms with Gasteiger partial charge in [0.05, 0.1) is 12.8 Å². The van der Waals surface area contributed by atoms with Gasteiger partial charge in [0.25, 0.3) is 0 Å². The molecule has 2 rings (SSSR count). The summed E-state index contributed by atoms with van der Waals surface area (Å²) in [5.41, 5.74) is 1.60. The van der Waals surface area contributed by atoms with Gasteiger partial charge in [0.15, 0.2) is 11.5 Å². The summed E-state index contributed by atoms with van der Waals surface area (Å²) in [4.78, 5) is 0. The largest absolute Gasteiger partial charge is 0.493 e. The van der Waals surface area contributed by atoms with E-state index in [0.29, 0.717) is 13.1 Å². The van der Waals surface area contributed by atoms with Crippen molar-refractivity contribution in [2.75, 3.05) is 7.11 Å². The average Bonchev–Trinajstić information content (AvgIpc) is 2.48. The monoisotopic (exact) mass is 295 g/mol. The maximum absolute atomic E-state index is 12.3. The van der Waals surface area contributed by atoms with Gasteiger partial charge in [-0.05, 0) is 29.8 Å². The molecule has 0 fully saturated rings. The Morgan fingerprint density at radius 3 is 2.71 bits per heavy atom. The molecule has 0 bridgehead atoms. The Balaban J connectivity index is 1.96. The summed E-state index contributed by atoms with van der Waals surface area (Å²) >= 11 is 0. The van der Waals surface area contributed by atoms with Crippen LogP contribution >= 0.6 is 0 Å². The number of halogens is 2. The highest BCUT2D eigenvalue weighted by Gasteiger charge is 2.11. The summed E-state index contributed by atoms with van der Waals surface area (Å²) in [6.45, 7) is -1.87. The van der Waals surface area contributed by atoms with Crippen LogP contribution in [0.5, 0.6) is 11.5 Å². The van der Waals surface area contributed by atoms with Crippen molar-refractivity contribution in [2.45, 2.75) is 19.7 Å². The Bertz CT molecular complexity index is 567. The van der Waals surface area contributed by atoms with E-state index in [9.17, 15) is 8.78 Å². The van der Waals surface area contributed by atoms with E-state index in [4.69, 9.17) is 4.74 Å². The van der Waals surface area contributed by atoms with Crippen LogP contribution in [0.1, 0.15) is 11.3 Å². The highest BCUT2D eigenvalue weighted by molar-refractivity contribution is 5.43. The van der Waals surface area contributed by atoms with Crippen molar-refractivity contribution in [2.24, 2.45) is 0 Å². The summed E-state index contributed by atoms with van der Waals surface area (Å²) in [5.74, 6) is 0.291. The highest BCUT2D eigenvalue weighted by Crippen LogP contribution is 2.29. The summed E-state index contributed by atoms with van der Waals surface area (Å²) < 4.78 is 34.1. The lowest BCUT2D eigenvalue weighted by molar-refractivity contribution is -0.0512. The van der Waals surface area contributed by atoms with Crippen LogP contribution < -0.4 is 14.8 Å². The van der Waals surface area contributed by atoms with E-state index in [1.165, 1.54) is 13.2 Å². The van der Waals surface area contributed by atoms with E-state index >= 15 is 0 Å². The molecular formula is C14H15F2N3O2. The molecule has 0 aliphatic carbocycles. The topological polar surface area (TPSA) is 56.3 Å². The second kappa shape index (κ2) is 7.49. The van der Waals surface area contributed by atoms with Crippen molar-refractivity contribution in [3.8, 4) is 11.5 Å². The third kappa shape index (κ3) is 4.64. The summed E-state index contributed by atoms with van der Waals surface area (Å²) in [5, 5.41) is 10.9. The van der Waals surface area contributed by atoms with Gasteiger partial charge in [-0.3, -0.25) is 0 Å². The van der Waals surface area contributed by atoms with Crippen molar-refractivity contribution in [3.63, 3.8) is 0 Å². The molecule has 0 amide bonds. The first kappa shape index (κ1) is 15.1. The fraction of sp³-hybridized carbons (Fsp3) is 0.286. The molecular weight excluding hydrogens is 280 g/mol. The molecule has 1 aromatic carbocycles. The normalized spacial score (nSPS) is 10.7. The minimum atomic E-state index is -2.89. The van der Waals surface area contributed by atoms with Crippen molar-refractivity contribution in [3.05, 3.63) is 47.8 Å². The van der Waals surface area contributed by atoms with Gasteiger partial charge < -0.3 is 14.8 Å². The number of methoxy groups -OCH3 is 1. The standard InChI is InChI=1S/C14H15F2N3O2/c1-20-12-5-4-10(7-13(12)21-14(15)16)8-17-9-11-3-2-6-18-19-11/h2-7,14,17H,8-9H2,1H3. The van der Waals surface area contributed by atoms with E-state index in [1.54, 1.807) is 24.4 Å². The minimum Gasteiger partial charge on any atom is -0.493 e. The Hall–Kier alpha value is -2.28. The van der Waals surface area contributed by atoms with E-state index < -0.39 is 6.61 Å². The van der Waals surface area contributed by atoms with Crippen LogP contribution in [0, 0.1) is 0 Å². The molecule has 0 unspecified atom stereocenters. The second-order valence-electron chi connectivity index (χ2n) is 4.18. The van der Waals surface area contributed by atoms with Gasteiger partial charge in [-0.1, -0.05) is 6.07 Å². The van der Waals surface area contributed by atoms with Crippen molar-refractivity contribution in [1.29, 1.82) is 0 Å². The van der Waals surface area contributed by atoms with Gasteiger partial charge >= 0.3 is 6.61 Å². The minimum absolute atomic E-state index is 0.0197. The van der Waals surface area contributed by atoms with Crippen molar-refractivity contribution in [1.82, 2.24) is 15.5 Å². The Labute approximate surface area is 120 Å². The third-order valence-electron chi connectivity index (χ3n) is 2.71. The quantitative estimate of drug-likeness (QED) is 0.850. The number of nitrogens with zero attached hydrogens (tertiary/aromatic N) is 2. The molecule has 0 saturated carbocycles. The Morgan fingerprint density at radius 1 is 1.19 bits per heavy atom. The molecule has 0 aliphatic heterocycles. The number of benzene rings is 1. The molecule has 0 spiro atoms. The lowest BCUT2D eigenvalue weighted by atomic mass is 10.2. The number of aromatic nitrogens is 2. The number of hydrogen-bond donors (Lipinski definition) is 1. The Morgan fingerprint density at radius 2 is 2.05 bits per heavy atom. The fourth-order valence-electron chi connectivity index (χ4n) is 1.78. The molecule has 0 saturated heterocycles. The molecule has 0 aliphatic rings. The first-order valence-electron chi connectivity index (χ1n) is 6.28. The molecule has 5 nitrogen and oxygen atoms in total. The van der Waals surface area contributed by atoms with Crippen LogP contribution in [0.4, 0.5) is 8.78 Å². The maximum Gasteiger partial charge on any atom is 0.387 e. The summed E-state index contributed by atoms with van der Waals surface area (Å²) in [7, 11) is 1.40. The zero-order valence-corrected chi connectivity index (χ0v) is 11.4. The van der Waals surface area contributed by atoms with Crippen LogP contribution in [0.3, 0.4) is 0 Å². The zero-order valence-electron chi connectivity index (χ0n) is 11.4. The first-order valence-corrected chi connectivity index (χ1v) is 6.28. The van der Waals surface area contributed by atoms with Gasteiger partial charge in [-0.2, -0.15) is 19.0 Å². The SMILES string of the molecule is COc1ccc(CNCc2cccnn2)cc1OC(F)F. The van der Waals surface area contributed by atoms with Crippen molar-refractivity contribution < 1.29 is 18.3 Å². The second-order valence-corrected chi connectivity index (χ2v) is 4.18. The highest BCUT2D eigenvalue weighted by atomic mass is 19.3. The Kier molecular flexibility index (Phi) is 5.39. The maximum atomic E-state index is 12.3. The molecule has 112 valence electrons. The first-order chi connectivity index (χ1) is 10.2. The zero-order chi connectivity index (χ0) is 15.1. The molecule has 0 atom stereocenters. The van der Waals surface area contributed by atoms with Gasteiger partial charge in [0, 0.05) is 19.3 Å². The van der Waals surface area contributed by atoms with E-state index in [2.05, 4.69) is 20.3 Å². The van der Waals surface area contributed by atoms with Gasteiger partial charge in [0.2, 0.25) is 0 Å². The van der Waals surface area contributed by atoms with E-state index in [-0.39, 0.29) is 11.5 Å². The molecule has 7 heteroatoms. The van der Waals surface area contributed by atoms with E-state index in [0.717, 1.165) is 11.3 Å². The number of ether oxygens (including phenoxy) is 2. The lowest BCUT2D eigenvalue weighted by Crippen LogP contribution is -2.14. The molecule has 0 radical (unpaired) electrons. The van der Waals surface area contributed by atoms with Crippen LogP contribution in [0.2, 0.25) is 0 Å². The molecule has 2 aromatic rings. The summed E-state index contributed by atoms with van der Waals surface area (Å²) in [6, 6.07) is 8.54. The number of hydrogen-bond acceptors (Lipinski definition) is 5. The predicted molar refractivity (Wildman–Crippen MR) is 72.2 cm³/mol. The number of alkyl halides is 2. The lowest BCUT2D eigenvalue weighted by Gasteiger charge is -2.12. The van der Waals surface area contributed by atoms with E-state index in [1.807, 2.05) is 6.07 Å². The smallest absolute Gasteiger partial charge is 0.387 e. The van der Waals surface area contributed by atoms with Gasteiger partial charge in [-0.25, -0.2) is 0 Å². The van der Waals surface area contributed by atoms with Crippen LogP contribution in [-0.4, -0.2) is 23.9 Å². The number of nitrogens with one attached hydrogen (secondary N) is 1. The van der Waals surface area contributed by atoms with Crippen molar-refractivity contribution >= 4 is 0 Å².